The van der Waals surface area contributed by atoms with Gasteiger partial charge in [0.25, 0.3) is 0 Å². The molecule has 0 amide bonds. The van der Waals surface area contributed by atoms with E-state index >= 15 is 0 Å². The Morgan fingerprint density at radius 1 is 1.45 bits per heavy atom. The van der Waals surface area contributed by atoms with Crippen molar-refractivity contribution in [3.8, 4) is 0 Å². The summed E-state index contributed by atoms with van der Waals surface area (Å²) in [4.78, 5) is 14.4. The van der Waals surface area contributed by atoms with Crippen molar-refractivity contribution in [1.82, 2.24) is 4.98 Å². The molecule has 1 aromatic rings. The van der Waals surface area contributed by atoms with Gasteiger partial charge in [0.1, 0.15) is 0 Å². The van der Waals surface area contributed by atoms with Gasteiger partial charge in [-0.1, -0.05) is 12.8 Å². The predicted octanol–water partition coefficient (Wildman–Crippen LogP) is 2.73. The zero-order valence-corrected chi connectivity index (χ0v) is 11.5. The van der Waals surface area contributed by atoms with Crippen LogP contribution >= 0.6 is 0 Å². The molecule has 6 nitrogen and oxygen atoms in total. The number of aromatic nitrogens is 1. The highest BCUT2D eigenvalue weighted by Gasteiger charge is 2.22. The van der Waals surface area contributed by atoms with Crippen LogP contribution in [-0.2, 0) is 0 Å². The molecule has 1 aliphatic carbocycles. The number of rotatable bonds is 6. The molecule has 0 radical (unpaired) electrons. The third-order valence-electron chi connectivity index (χ3n) is 3.90. The standard InChI is InChI=1S/C14H21N3O3/c18-13-8-2-1-5-11(13)6-3-9-15-14-12(17(19)20)7-4-10-16-14/h4,7,10-11,13,18H,1-3,5-6,8-9H2,(H,15,16). The summed E-state index contributed by atoms with van der Waals surface area (Å²) in [7, 11) is 0. The first-order chi connectivity index (χ1) is 9.68. The molecular formula is C14H21N3O3. The molecule has 1 heterocycles. The van der Waals surface area contributed by atoms with Gasteiger partial charge in [0.2, 0.25) is 5.82 Å². The van der Waals surface area contributed by atoms with Crippen molar-refractivity contribution < 1.29 is 10.0 Å². The fraction of sp³-hybridized carbons (Fsp3) is 0.643. The molecule has 20 heavy (non-hydrogen) atoms. The van der Waals surface area contributed by atoms with Crippen LogP contribution in [0.5, 0.6) is 0 Å². The molecule has 2 N–H and O–H groups in total. The highest BCUT2D eigenvalue weighted by atomic mass is 16.6. The third kappa shape index (κ3) is 3.90. The third-order valence-corrected chi connectivity index (χ3v) is 3.90. The maximum atomic E-state index is 10.8. The van der Waals surface area contributed by atoms with Crippen molar-refractivity contribution in [2.75, 3.05) is 11.9 Å². The summed E-state index contributed by atoms with van der Waals surface area (Å²) >= 11 is 0. The Kier molecular flexibility index (Phi) is 5.29. The zero-order valence-electron chi connectivity index (χ0n) is 11.5. The number of hydrogen-bond donors (Lipinski definition) is 2. The van der Waals surface area contributed by atoms with Crippen LogP contribution in [0.4, 0.5) is 11.5 Å². The van der Waals surface area contributed by atoms with Gasteiger partial charge in [0.05, 0.1) is 11.0 Å². The SMILES string of the molecule is O=[N+]([O-])c1cccnc1NCCCC1CCCCC1O. The van der Waals surface area contributed by atoms with Gasteiger partial charge >= 0.3 is 5.69 Å². The lowest BCUT2D eigenvalue weighted by molar-refractivity contribution is -0.384. The molecule has 2 rings (SSSR count). The first-order valence-electron chi connectivity index (χ1n) is 7.20. The van der Waals surface area contributed by atoms with Crippen molar-refractivity contribution in [2.24, 2.45) is 5.92 Å². The van der Waals surface area contributed by atoms with Gasteiger partial charge in [-0.3, -0.25) is 10.1 Å². The Morgan fingerprint density at radius 2 is 2.25 bits per heavy atom. The molecule has 2 unspecified atom stereocenters. The molecule has 2 atom stereocenters. The van der Waals surface area contributed by atoms with E-state index < -0.39 is 4.92 Å². The number of pyridine rings is 1. The molecule has 0 aliphatic heterocycles. The van der Waals surface area contributed by atoms with E-state index in [-0.39, 0.29) is 11.8 Å². The second-order valence-corrected chi connectivity index (χ2v) is 5.31. The molecule has 1 fully saturated rings. The smallest absolute Gasteiger partial charge is 0.311 e. The number of nitrogens with one attached hydrogen (secondary N) is 1. The van der Waals surface area contributed by atoms with Gasteiger partial charge < -0.3 is 10.4 Å². The second-order valence-electron chi connectivity index (χ2n) is 5.31. The summed E-state index contributed by atoms with van der Waals surface area (Å²) in [5.41, 5.74) is 0.00482. The van der Waals surface area contributed by atoms with Crippen LogP contribution in [0.3, 0.4) is 0 Å². The van der Waals surface area contributed by atoms with E-state index in [1.165, 1.54) is 12.5 Å². The molecular weight excluding hydrogens is 258 g/mol. The monoisotopic (exact) mass is 279 g/mol. The Bertz CT molecular complexity index is 453. The predicted molar refractivity (Wildman–Crippen MR) is 76.6 cm³/mol. The first-order valence-corrected chi connectivity index (χ1v) is 7.20. The van der Waals surface area contributed by atoms with Crippen LogP contribution in [0.25, 0.3) is 0 Å². The quantitative estimate of drug-likeness (QED) is 0.475. The summed E-state index contributed by atoms with van der Waals surface area (Å²) in [5, 5.41) is 23.7. The van der Waals surface area contributed by atoms with Crippen LogP contribution < -0.4 is 5.32 Å². The van der Waals surface area contributed by atoms with Gasteiger partial charge in [-0.2, -0.15) is 0 Å². The van der Waals surface area contributed by atoms with Crippen molar-refractivity contribution in [3.05, 3.63) is 28.4 Å². The van der Waals surface area contributed by atoms with Gasteiger partial charge in [-0.15, -0.1) is 0 Å². The molecule has 0 saturated heterocycles. The first kappa shape index (κ1) is 14.7. The molecule has 0 spiro atoms. The molecule has 1 saturated carbocycles. The van der Waals surface area contributed by atoms with E-state index in [1.807, 2.05) is 0 Å². The van der Waals surface area contributed by atoms with Gasteiger partial charge in [-0.05, 0) is 37.7 Å². The van der Waals surface area contributed by atoms with E-state index in [0.717, 1.165) is 32.1 Å². The largest absolute Gasteiger partial charge is 0.393 e. The van der Waals surface area contributed by atoms with Gasteiger partial charge in [-0.25, -0.2) is 4.98 Å². The van der Waals surface area contributed by atoms with Crippen molar-refractivity contribution in [3.63, 3.8) is 0 Å². The zero-order chi connectivity index (χ0) is 14.4. The van der Waals surface area contributed by atoms with Gasteiger partial charge in [0, 0.05) is 18.8 Å². The molecule has 0 bridgehead atoms. The van der Waals surface area contributed by atoms with Gasteiger partial charge in [0.15, 0.2) is 0 Å². The number of aliphatic hydroxyl groups is 1. The average Bonchev–Trinajstić information content (AvgIpc) is 2.45. The van der Waals surface area contributed by atoms with Crippen molar-refractivity contribution >= 4 is 11.5 Å². The number of aliphatic hydroxyl groups excluding tert-OH is 1. The molecule has 1 aromatic heterocycles. The summed E-state index contributed by atoms with van der Waals surface area (Å²) in [5.74, 6) is 0.700. The lowest BCUT2D eigenvalue weighted by Crippen LogP contribution is -2.24. The fourth-order valence-corrected chi connectivity index (χ4v) is 2.78. The Balaban J connectivity index is 1.77. The van der Waals surface area contributed by atoms with E-state index in [0.29, 0.717) is 18.3 Å². The van der Waals surface area contributed by atoms with Crippen molar-refractivity contribution in [1.29, 1.82) is 0 Å². The summed E-state index contributed by atoms with van der Waals surface area (Å²) in [6, 6.07) is 3.00. The van der Waals surface area contributed by atoms with E-state index in [1.54, 1.807) is 12.3 Å². The molecule has 1 aliphatic rings. The number of nitro groups is 1. The maximum Gasteiger partial charge on any atom is 0.311 e. The molecule has 0 aromatic carbocycles. The highest BCUT2D eigenvalue weighted by molar-refractivity contribution is 5.54. The minimum atomic E-state index is -0.430. The summed E-state index contributed by atoms with van der Waals surface area (Å²) in [6.45, 7) is 0.640. The van der Waals surface area contributed by atoms with Crippen LogP contribution in [-0.4, -0.2) is 27.7 Å². The highest BCUT2D eigenvalue weighted by Crippen LogP contribution is 2.28. The van der Waals surface area contributed by atoms with E-state index in [2.05, 4.69) is 10.3 Å². The normalized spacial score (nSPS) is 22.4. The topological polar surface area (TPSA) is 88.3 Å². The average molecular weight is 279 g/mol. The fourth-order valence-electron chi connectivity index (χ4n) is 2.78. The van der Waals surface area contributed by atoms with E-state index in [9.17, 15) is 15.2 Å². The van der Waals surface area contributed by atoms with Crippen molar-refractivity contribution in [2.45, 2.75) is 44.6 Å². The summed E-state index contributed by atoms with van der Waals surface area (Å²) < 4.78 is 0. The minimum absolute atomic E-state index is 0.00482. The minimum Gasteiger partial charge on any atom is -0.393 e. The van der Waals surface area contributed by atoms with E-state index in [4.69, 9.17) is 0 Å². The lowest BCUT2D eigenvalue weighted by atomic mass is 9.83. The number of nitrogens with zero attached hydrogens (tertiary/aromatic N) is 2. The van der Waals surface area contributed by atoms with Crippen LogP contribution in [0.2, 0.25) is 0 Å². The van der Waals surface area contributed by atoms with Crippen LogP contribution in [0.1, 0.15) is 38.5 Å². The Morgan fingerprint density at radius 3 is 3.00 bits per heavy atom. The second kappa shape index (κ2) is 7.19. The summed E-state index contributed by atoms with van der Waals surface area (Å²) in [6.07, 6.45) is 7.52. The van der Waals surface area contributed by atoms with Crippen LogP contribution in [0.15, 0.2) is 18.3 Å². The molecule has 6 heteroatoms. The Labute approximate surface area is 118 Å². The number of hydrogen-bond acceptors (Lipinski definition) is 5. The Hall–Kier alpha value is -1.69. The van der Waals surface area contributed by atoms with Crippen LogP contribution in [0, 0.1) is 16.0 Å². The maximum absolute atomic E-state index is 10.8. The molecule has 110 valence electrons. The lowest BCUT2D eigenvalue weighted by Gasteiger charge is -2.27. The number of anilines is 1.